The average Bonchev–Trinajstić information content (AvgIpc) is 2.65. The molecule has 4 nitrogen and oxygen atoms in total. The van der Waals surface area contributed by atoms with Crippen LogP contribution in [0.5, 0.6) is 11.5 Å². The summed E-state index contributed by atoms with van der Waals surface area (Å²) < 4.78 is 10.7. The molecule has 1 unspecified atom stereocenters. The van der Waals surface area contributed by atoms with Crippen LogP contribution in [0.4, 0.5) is 0 Å². The summed E-state index contributed by atoms with van der Waals surface area (Å²) in [7, 11) is 0. The third-order valence-corrected chi connectivity index (χ3v) is 3.38. The van der Waals surface area contributed by atoms with Crippen LogP contribution in [0.25, 0.3) is 0 Å². The van der Waals surface area contributed by atoms with Crippen molar-refractivity contribution in [3.63, 3.8) is 0 Å². The Balaban J connectivity index is 1.62. The lowest BCUT2D eigenvalue weighted by molar-refractivity contribution is -0.0194. The topological polar surface area (TPSA) is 55.8 Å². The molecule has 0 aromatic heterocycles. The number of benzene rings is 3. The van der Waals surface area contributed by atoms with Gasteiger partial charge in [-0.1, -0.05) is 48.5 Å². The highest BCUT2D eigenvalue weighted by atomic mass is 16.6. The summed E-state index contributed by atoms with van der Waals surface area (Å²) in [4.78, 5) is 12.0. The van der Waals surface area contributed by atoms with E-state index in [1.807, 2.05) is 24.3 Å². The Morgan fingerprint density at radius 2 is 1.29 bits per heavy atom. The van der Waals surface area contributed by atoms with Crippen LogP contribution in [0.15, 0.2) is 84.9 Å². The molecule has 0 amide bonds. The summed E-state index contributed by atoms with van der Waals surface area (Å²) in [5.74, 6) is 0.463. The van der Waals surface area contributed by atoms with Crippen molar-refractivity contribution in [2.75, 3.05) is 0 Å². The Labute approximate surface area is 139 Å². The van der Waals surface area contributed by atoms with Crippen molar-refractivity contribution in [1.29, 1.82) is 0 Å². The van der Waals surface area contributed by atoms with E-state index in [4.69, 9.17) is 9.47 Å². The fourth-order valence-corrected chi connectivity index (χ4v) is 2.14. The molecule has 120 valence electrons. The monoisotopic (exact) mass is 320 g/mol. The second kappa shape index (κ2) is 7.44. The maximum Gasteiger partial charge on any atom is 0.343 e. The van der Waals surface area contributed by atoms with Gasteiger partial charge in [-0.25, -0.2) is 4.79 Å². The van der Waals surface area contributed by atoms with Crippen LogP contribution in [-0.4, -0.2) is 11.1 Å². The maximum atomic E-state index is 12.0. The molecule has 0 saturated carbocycles. The van der Waals surface area contributed by atoms with E-state index in [-0.39, 0.29) is 0 Å². The molecule has 0 fully saturated rings. The summed E-state index contributed by atoms with van der Waals surface area (Å²) in [6, 6.07) is 24.4. The Hall–Kier alpha value is -3.11. The Morgan fingerprint density at radius 1 is 0.750 bits per heavy atom. The van der Waals surface area contributed by atoms with Gasteiger partial charge in [0.15, 0.2) is 0 Å². The number of hydrogen-bond acceptors (Lipinski definition) is 4. The van der Waals surface area contributed by atoms with Crippen molar-refractivity contribution in [2.24, 2.45) is 0 Å². The number of ether oxygens (including phenoxy) is 2. The lowest BCUT2D eigenvalue weighted by Gasteiger charge is -2.14. The van der Waals surface area contributed by atoms with Crippen molar-refractivity contribution < 1.29 is 19.4 Å². The predicted molar refractivity (Wildman–Crippen MR) is 89.9 cm³/mol. The zero-order valence-corrected chi connectivity index (χ0v) is 12.8. The number of aliphatic hydroxyl groups excluding tert-OH is 1. The summed E-state index contributed by atoms with van der Waals surface area (Å²) in [5.41, 5.74) is 1.15. The Kier molecular flexibility index (Phi) is 4.89. The van der Waals surface area contributed by atoms with Crippen LogP contribution >= 0.6 is 0 Å². The SMILES string of the molecule is O=C(Oc1ccc(OC(O)c2ccccc2)cc1)c1ccccc1. The van der Waals surface area contributed by atoms with Crippen LogP contribution in [0.1, 0.15) is 22.2 Å². The standard InChI is InChI=1S/C20H16O4/c21-19(15-7-3-1-4-8-15)23-17-11-13-18(14-12-17)24-20(22)16-9-5-2-6-10-16/h1-14,19,21H. The largest absolute Gasteiger partial charge is 0.461 e. The zero-order chi connectivity index (χ0) is 16.8. The van der Waals surface area contributed by atoms with E-state index in [0.29, 0.717) is 22.6 Å². The molecule has 0 radical (unpaired) electrons. The van der Waals surface area contributed by atoms with Gasteiger partial charge < -0.3 is 14.6 Å². The summed E-state index contributed by atoms with van der Waals surface area (Å²) in [5, 5.41) is 10.0. The van der Waals surface area contributed by atoms with Gasteiger partial charge in [0.05, 0.1) is 5.56 Å². The molecule has 0 bridgehead atoms. The summed E-state index contributed by atoms with van der Waals surface area (Å²) in [6.45, 7) is 0. The molecular formula is C20H16O4. The van der Waals surface area contributed by atoms with Crippen molar-refractivity contribution in [3.05, 3.63) is 96.1 Å². The van der Waals surface area contributed by atoms with Crippen molar-refractivity contribution in [2.45, 2.75) is 6.29 Å². The molecule has 0 spiro atoms. The van der Waals surface area contributed by atoms with E-state index in [2.05, 4.69) is 0 Å². The fraction of sp³-hybridized carbons (Fsp3) is 0.0500. The first kappa shape index (κ1) is 15.8. The first-order valence-corrected chi connectivity index (χ1v) is 7.49. The molecular weight excluding hydrogens is 304 g/mol. The van der Waals surface area contributed by atoms with Gasteiger partial charge in [-0.05, 0) is 36.4 Å². The molecule has 4 heteroatoms. The Bertz CT molecular complexity index is 783. The van der Waals surface area contributed by atoms with Crippen molar-refractivity contribution in [3.8, 4) is 11.5 Å². The number of carbonyl (C=O) groups excluding carboxylic acids is 1. The van der Waals surface area contributed by atoms with Crippen LogP contribution in [0.2, 0.25) is 0 Å². The van der Waals surface area contributed by atoms with Gasteiger partial charge in [0, 0.05) is 5.56 Å². The van der Waals surface area contributed by atoms with E-state index >= 15 is 0 Å². The molecule has 1 atom stereocenters. The molecule has 0 aliphatic rings. The molecule has 0 saturated heterocycles. The number of hydrogen-bond donors (Lipinski definition) is 1. The molecule has 0 heterocycles. The second-order valence-corrected chi connectivity index (χ2v) is 5.11. The predicted octanol–water partition coefficient (Wildman–Crippen LogP) is 3.98. The highest BCUT2D eigenvalue weighted by molar-refractivity contribution is 5.90. The minimum absolute atomic E-state index is 0.408. The lowest BCUT2D eigenvalue weighted by Crippen LogP contribution is -2.08. The van der Waals surface area contributed by atoms with Gasteiger partial charge in [-0.2, -0.15) is 0 Å². The average molecular weight is 320 g/mol. The van der Waals surface area contributed by atoms with E-state index in [0.717, 1.165) is 0 Å². The minimum Gasteiger partial charge on any atom is -0.461 e. The molecule has 1 N–H and O–H groups in total. The number of carbonyl (C=O) groups is 1. The van der Waals surface area contributed by atoms with Crippen LogP contribution in [0.3, 0.4) is 0 Å². The van der Waals surface area contributed by atoms with Gasteiger partial charge in [0.1, 0.15) is 11.5 Å². The highest BCUT2D eigenvalue weighted by Gasteiger charge is 2.10. The third-order valence-electron chi connectivity index (χ3n) is 3.38. The van der Waals surface area contributed by atoms with Gasteiger partial charge in [0.2, 0.25) is 6.29 Å². The molecule has 3 aromatic rings. The van der Waals surface area contributed by atoms with Crippen molar-refractivity contribution in [1.82, 2.24) is 0 Å². The van der Waals surface area contributed by atoms with E-state index < -0.39 is 12.3 Å². The van der Waals surface area contributed by atoms with Crippen molar-refractivity contribution >= 4 is 5.97 Å². The normalized spacial score (nSPS) is 11.5. The van der Waals surface area contributed by atoms with Gasteiger partial charge in [0.25, 0.3) is 0 Å². The van der Waals surface area contributed by atoms with Gasteiger partial charge in [-0.3, -0.25) is 0 Å². The summed E-state index contributed by atoms with van der Waals surface area (Å²) in [6.07, 6.45) is -1.05. The molecule has 24 heavy (non-hydrogen) atoms. The van der Waals surface area contributed by atoms with Gasteiger partial charge >= 0.3 is 5.97 Å². The first-order chi connectivity index (χ1) is 11.7. The van der Waals surface area contributed by atoms with E-state index in [1.54, 1.807) is 60.7 Å². The quantitative estimate of drug-likeness (QED) is 0.439. The molecule has 0 aliphatic carbocycles. The number of esters is 1. The second-order valence-electron chi connectivity index (χ2n) is 5.11. The summed E-state index contributed by atoms with van der Waals surface area (Å²) >= 11 is 0. The molecule has 3 rings (SSSR count). The Morgan fingerprint density at radius 3 is 1.92 bits per heavy atom. The smallest absolute Gasteiger partial charge is 0.343 e. The lowest BCUT2D eigenvalue weighted by atomic mass is 10.2. The first-order valence-electron chi connectivity index (χ1n) is 7.49. The highest BCUT2D eigenvalue weighted by Crippen LogP contribution is 2.23. The third kappa shape index (κ3) is 4.00. The van der Waals surface area contributed by atoms with E-state index in [9.17, 15) is 9.90 Å². The van der Waals surface area contributed by atoms with Crippen LogP contribution < -0.4 is 9.47 Å². The number of aliphatic hydroxyl groups is 1. The minimum atomic E-state index is -1.05. The molecule has 3 aromatic carbocycles. The number of rotatable bonds is 5. The fourth-order valence-electron chi connectivity index (χ4n) is 2.14. The van der Waals surface area contributed by atoms with Crippen LogP contribution in [-0.2, 0) is 0 Å². The maximum absolute atomic E-state index is 12.0. The molecule has 0 aliphatic heterocycles. The van der Waals surface area contributed by atoms with E-state index in [1.165, 1.54) is 0 Å². The zero-order valence-electron chi connectivity index (χ0n) is 12.8. The van der Waals surface area contributed by atoms with Gasteiger partial charge in [-0.15, -0.1) is 0 Å². The van der Waals surface area contributed by atoms with Crippen LogP contribution in [0, 0.1) is 0 Å².